The van der Waals surface area contributed by atoms with Crippen molar-refractivity contribution >= 4 is 21.4 Å². The molecule has 0 saturated carbocycles. The second kappa shape index (κ2) is 5.81. The van der Waals surface area contributed by atoms with E-state index in [2.05, 4.69) is 25.2 Å². The molecule has 1 aromatic heterocycles. The summed E-state index contributed by atoms with van der Waals surface area (Å²) in [7, 11) is 2.00. The lowest BCUT2D eigenvalue weighted by Crippen LogP contribution is -2.17. The molecule has 3 heteroatoms. The molecule has 0 aliphatic heterocycles. The Morgan fingerprint density at radius 1 is 1.33 bits per heavy atom. The normalized spacial score (nSPS) is 14.9. The molecule has 1 N–H and O–H groups in total. The maximum absolute atomic E-state index is 13.2. The van der Waals surface area contributed by atoms with Gasteiger partial charge in [-0.1, -0.05) is 20.3 Å². The highest BCUT2D eigenvalue weighted by molar-refractivity contribution is 7.19. The smallest absolute Gasteiger partial charge is 0.123 e. The van der Waals surface area contributed by atoms with Crippen LogP contribution in [0.25, 0.3) is 10.1 Å². The molecule has 2 rings (SSSR count). The molecule has 2 aromatic rings. The first-order valence-electron chi connectivity index (χ1n) is 6.50. The highest BCUT2D eigenvalue weighted by Crippen LogP contribution is 2.33. The summed E-state index contributed by atoms with van der Waals surface area (Å²) in [5, 5.41) is 4.39. The van der Waals surface area contributed by atoms with E-state index in [0.29, 0.717) is 12.0 Å². The van der Waals surface area contributed by atoms with E-state index in [1.807, 2.05) is 13.1 Å². The minimum absolute atomic E-state index is 0.158. The van der Waals surface area contributed by atoms with Crippen molar-refractivity contribution in [2.24, 2.45) is 5.92 Å². The van der Waals surface area contributed by atoms with Gasteiger partial charge in [-0.3, -0.25) is 0 Å². The van der Waals surface area contributed by atoms with Gasteiger partial charge in [0.05, 0.1) is 0 Å². The average molecular weight is 265 g/mol. The number of halogens is 1. The second-order valence-corrected chi connectivity index (χ2v) is 6.04. The van der Waals surface area contributed by atoms with Crippen molar-refractivity contribution < 1.29 is 4.39 Å². The molecule has 0 fully saturated rings. The topological polar surface area (TPSA) is 12.0 Å². The first-order valence-corrected chi connectivity index (χ1v) is 7.32. The van der Waals surface area contributed by atoms with Crippen LogP contribution in [0.4, 0.5) is 4.39 Å². The van der Waals surface area contributed by atoms with Crippen LogP contribution in [0.2, 0.25) is 0 Å². The molecular weight excluding hydrogens is 245 g/mol. The monoisotopic (exact) mass is 265 g/mol. The number of thiophene rings is 1. The summed E-state index contributed by atoms with van der Waals surface area (Å²) in [6.07, 6.45) is 2.32. The lowest BCUT2D eigenvalue weighted by atomic mass is 9.98. The Hall–Kier alpha value is -0.930. The molecule has 0 saturated heterocycles. The highest BCUT2D eigenvalue weighted by atomic mass is 32.1. The van der Waals surface area contributed by atoms with Crippen LogP contribution in [0.5, 0.6) is 0 Å². The lowest BCUT2D eigenvalue weighted by Gasteiger charge is -2.18. The summed E-state index contributed by atoms with van der Waals surface area (Å²) < 4.78 is 14.3. The SMILES string of the molecule is CCC(C)CC(NC)c1cc2cc(F)ccc2s1. The largest absolute Gasteiger partial charge is 0.312 e. The van der Waals surface area contributed by atoms with Gasteiger partial charge in [-0.05, 0) is 49.0 Å². The second-order valence-electron chi connectivity index (χ2n) is 4.92. The van der Waals surface area contributed by atoms with E-state index in [1.165, 1.54) is 17.4 Å². The molecule has 98 valence electrons. The molecule has 18 heavy (non-hydrogen) atoms. The van der Waals surface area contributed by atoms with Crippen molar-refractivity contribution in [2.45, 2.75) is 32.7 Å². The van der Waals surface area contributed by atoms with E-state index < -0.39 is 0 Å². The van der Waals surface area contributed by atoms with Gasteiger partial charge in [-0.2, -0.15) is 0 Å². The van der Waals surface area contributed by atoms with E-state index in [4.69, 9.17) is 0 Å². The molecule has 2 unspecified atom stereocenters. The van der Waals surface area contributed by atoms with E-state index in [-0.39, 0.29) is 5.82 Å². The van der Waals surface area contributed by atoms with Crippen LogP contribution < -0.4 is 5.32 Å². The number of hydrogen-bond donors (Lipinski definition) is 1. The Bertz CT molecular complexity index is 520. The molecule has 1 aromatic carbocycles. The van der Waals surface area contributed by atoms with E-state index in [9.17, 15) is 4.39 Å². The predicted molar refractivity (Wildman–Crippen MR) is 77.7 cm³/mol. The highest BCUT2D eigenvalue weighted by Gasteiger charge is 2.15. The summed E-state index contributed by atoms with van der Waals surface area (Å²) in [5.41, 5.74) is 0. The number of rotatable bonds is 5. The Kier molecular flexibility index (Phi) is 4.36. The van der Waals surface area contributed by atoms with Crippen molar-refractivity contribution in [1.82, 2.24) is 5.32 Å². The van der Waals surface area contributed by atoms with Crippen LogP contribution >= 0.6 is 11.3 Å². The molecule has 0 amide bonds. The average Bonchev–Trinajstić information content (AvgIpc) is 2.78. The Balaban J connectivity index is 2.28. The summed E-state index contributed by atoms with van der Waals surface area (Å²) >= 11 is 1.76. The fourth-order valence-corrected chi connectivity index (χ4v) is 3.32. The van der Waals surface area contributed by atoms with E-state index in [0.717, 1.165) is 16.5 Å². The summed E-state index contributed by atoms with van der Waals surface area (Å²) in [6.45, 7) is 4.50. The molecule has 0 spiro atoms. The van der Waals surface area contributed by atoms with Crippen molar-refractivity contribution in [3.8, 4) is 0 Å². The summed E-state index contributed by atoms with van der Waals surface area (Å²) in [4.78, 5) is 1.30. The van der Waals surface area contributed by atoms with Gasteiger partial charge in [-0.15, -0.1) is 11.3 Å². The summed E-state index contributed by atoms with van der Waals surface area (Å²) in [6, 6.07) is 7.51. The van der Waals surface area contributed by atoms with Gasteiger partial charge in [0.2, 0.25) is 0 Å². The van der Waals surface area contributed by atoms with Gasteiger partial charge < -0.3 is 5.32 Å². The zero-order chi connectivity index (χ0) is 13.1. The van der Waals surface area contributed by atoms with Crippen LogP contribution in [-0.4, -0.2) is 7.05 Å². The third kappa shape index (κ3) is 2.90. The zero-order valence-electron chi connectivity index (χ0n) is 11.2. The zero-order valence-corrected chi connectivity index (χ0v) is 12.0. The molecule has 1 heterocycles. The molecule has 0 aliphatic rings. The van der Waals surface area contributed by atoms with Crippen molar-refractivity contribution in [1.29, 1.82) is 0 Å². The van der Waals surface area contributed by atoms with Crippen molar-refractivity contribution in [3.63, 3.8) is 0 Å². The molecule has 0 bridgehead atoms. The lowest BCUT2D eigenvalue weighted by molar-refractivity contribution is 0.426. The molecule has 2 atom stereocenters. The molecule has 1 nitrogen and oxygen atoms in total. The number of fused-ring (bicyclic) bond motifs is 1. The van der Waals surface area contributed by atoms with Crippen LogP contribution in [0.3, 0.4) is 0 Å². The molecular formula is C15H20FNS. The standard InChI is InChI=1S/C15H20FNS/c1-4-10(2)7-13(17-3)15-9-11-8-12(16)5-6-14(11)18-15/h5-6,8-10,13,17H,4,7H2,1-3H3. The van der Waals surface area contributed by atoms with Crippen LogP contribution in [0, 0.1) is 11.7 Å². The number of nitrogens with one attached hydrogen (secondary N) is 1. The van der Waals surface area contributed by atoms with E-state index >= 15 is 0 Å². The van der Waals surface area contributed by atoms with Gasteiger partial charge >= 0.3 is 0 Å². The minimum atomic E-state index is -0.158. The van der Waals surface area contributed by atoms with Gasteiger partial charge in [-0.25, -0.2) is 4.39 Å². The number of hydrogen-bond acceptors (Lipinski definition) is 2. The first kappa shape index (κ1) is 13.5. The third-order valence-corrected chi connectivity index (χ3v) is 4.75. The fraction of sp³-hybridized carbons (Fsp3) is 0.467. The maximum atomic E-state index is 13.2. The van der Waals surface area contributed by atoms with Gasteiger partial charge in [0, 0.05) is 15.6 Å². The van der Waals surface area contributed by atoms with Crippen LogP contribution in [-0.2, 0) is 0 Å². The van der Waals surface area contributed by atoms with Crippen molar-refractivity contribution in [2.75, 3.05) is 7.05 Å². The van der Waals surface area contributed by atoms with Crippen LogP contribution in [0.15, 0.2) is 24.3 Å². The fourth-order valence-electron chi connectivity index (χ4n) is 2.15. The summed E-state index contributed by atoms with van der Waals surface area (Å²) in [5.74, 6) is 0.541. The maximum Gasteiger partial charge on any atom is 0.123 e. The molecule has 0 radical (unpaired) electrons. The van der Waals surface area contributed by atoms with Gasteiger partial charge in [0.1, 0.15) is 5.82 Å². The van der Waals surface area contributed by atoms with Crippen LogP contribution in [0.1, 0.15) is 37.6 Å². The van der Waals surface area contributed by atoms with Gasteiger partial charge in [0.25, 0.3) is 0 Å². The first-order chi connectivity index (χ1) is 8.63. The predicted octanol–water partition coefficient (Wildman–Crippen LogP) is 4.74. The van der Waals surface area contributed by atoms with Gasteiger partial charge in [0.15, 0.2) is 0 Å². The Morgan fingerprint density at radius 2 is 2.11 bits per heavy atom. The van der Waals surface area contributed by atoms with E-state index in [1.54, 1.807) is 17.4 Å². The Labute approximate surface area is 112 Å². The third-order valence-electron chi connectivity index (χ3n) is 3.52. The molecule has 0 aliphatic carbocycles. The number of benzene rings is 1. The Morgan fingerprint density at radius 3 is 2.78 bits per heavy atom. The minimum Gasteiger partial charge on any atom is -0.312 e. The van der Waals surface area contributed by atoms with Crippen molar-refractivity contribution in [3.05, 3.63) is 35.0 Å². The quantitative estimate of drug-likeness (QED) is 0.823.